The molecule has 0 aromatic heterocycles. The zero-order chi connectivity index (χ0) is 26.9. The number of sulfonamides is 1. The Morgan fingerprint density at radius 3 is 2.09 bits per heavy atom. The van der Waals surface area contributed by atoms with Crippen LogP contribution in [0.3, 0.4) is 0 Å². The molecular formula is C25H46N4O5S. The summed E-state index contributed by atoms with van der Waals surface area (Å²) in [6, 6.07) is -2.25. The second-order valence-electron chi connectivity index (χ2n) is 12.9. The Labute approximate surface area is 211 Å². The zero-order valence-corrected chi connectivity index (χ0v) is 23.8. The van der Waals surface area contributed by atoms with Crippen LogP contribution in [0.2, 0.25) is 0 Å². The van der Waals surface area contributed by atoms with Crippen LogP contribution in [0.1, 0.15) is 81.1 Å². The smallest absolute Gasteiger partial charge is 0.315 e. The minimum absolute atomic E-state index is 0.0510. The van der Waals surface area contributed by atoms with Gasteiger partial charge in [0.05, 0.1) is 11.3 Å². The Morgan fingerprint density at radius 2 is 1.63 bits per heavy atom. The summed E-state index contributed by atoms with van der Waals surface area (Å²) in [4.78, 5) is 40.5. The van der Waals surface area contributed by atoms with Crippen LogP contribution in [0.25, 0.3) is 0 Å². The molecule has 35 heavy (non-hydrogen) atoms. The fourth-order valence-corrected chi connectivity index (χ4v) is 6.41. The summed E-state index contributed by atoms with van der Waals surface area (Å²) in [7, 11) is -1.82. The molecule has 202 valence electrons. The van der Waals surface area contributed by atoms with Gasteiger partial charge in [-0.05, 0) is 49.4 Å². The average molecular weight is 515 g/mol. The van der Waals surface area contributed by atoms with Crippen molar-refractivity contribution in [1.82, 2.24) is 19.8 Å². The number of carbonyl (C=O) groups excluding carboxylic acids is 3. The van der Waals surface area contributed by atoms with Crippen molar-refractivity contribution in [2.24, 2.45) is 16.7 Å². The Kier molecular flexibility index (Phi) is 9.07. The molecular weight excluding hydrogens is 468 g/mol. The molecule has 2 aliphatic rings. The number of carbonyl (C=O) groups is 3. The third-order valence-corrected chi connectivity index (χ3v) is 9.03. The van der Waals surface area contributed by atoms with Crippen LogP contribution in [0, 0.1) is 16.7 Å². The van der Waals surface area contributed by atoms with Gasteiger partial charge in [0.1, 0.15) is 6.04 Å². The topological polar surface area (TPSA) is 116 Å². The number of nitrogens with one attached hydrogen (secondary N) is 2. The predicted molar refractivity (Wildman–Crippen MR) is 137 cm³/mol. The van der Waals surface area contributed by atoms with Gasteiger partial charge in [0, 0.05) is 26.2 Å². The van der Waals surface area contributed by atoms with Crippen molar-refractivity contribution < 1.29 is 22.8 Å². The van der Waals surface area contributed by atoms with E-state index >= 15 is 0 Å². The highest BCUT2D eigenvalue weighted by Gasteiger charge is 2.43. The van der Waals surface area contributed by atoms with Crippen LogP contribution in [0.5, 0.6) is 0 Å². The molecule has 1 saturated heterocycles. The lowest BCUT2D eigenvalue weighted by Crippen LogP contribution is -2.59. The lowest BCUT2D eigenvalue weighted by molar-refractivity contribution is -0.140. The Hall–Kier alpha value is -1.68. The molecule has 0 aromatic rings. The van der Waals surface area contributed by atoms with Crippen molar-refractivity contribution >= 4 is 27.7 Å². The molecule has 0 bridgehead atoms. The molecule has 9 nitrogen and oxygen atoms in total. The largest absolute Gasteiger partial charge is 0.334 e. The minimum atomic E-state index is -3.37. The van der Waals surface area contributed by atoms with Crippen LogP contribution in [0.15, 0.2) is 0 Å². The van der Waals surface area contributed by atoms with Crippen molar-refractivity contribution in [3.05, 3.63) is 0 Å². The maximum atomic E-state index is 13.5. The predicted octanol–water partition coefficient (Wildman–Crippen LogP) is 2.76. The third-order valence-electron chi connectivity index (χ3n) is 6.70. The molecule has 1 aliphatic heterocycles. The summed E-state index contributed by atoms with van der Waals surface area (Å²) in [5.74, 6) is -0.106. The fraction of sp³-hybridized carbons (Fsp3) is 0.880. The highest BCUT2D eigenvalue weighted by atomic mass is 32.2. The molecule has 3 amide bonds. The first-order chi connectivity index (χ1) is 15.8. The lowest BCUT2D eigenvalue weighted by Gasteiger charge is -2.36. The van der Waals surface area contributed by atoms with Gasteiger partial charge in [0.2, 0.25) is 15.9 Å². The van der Waals surface area contributed by atoms with E-state index in [0.29, 0.717) is 32.2 Å². The van der Waals surface area contributed by atoms with Gasteiger partial charge in [-0.15, -0.1) is 0 Å². The second kappa shape index (κ2) is 10.7. The monoisotopic (exact) mass is 514 g/mol. The molecule has 2 N–H and O–H groups in total. The van der Waals surface area contributed by atoms with Crippen molar-refractivity contribution in [1.29, 1.82) is 0 Å². The SMILES string of the molecule is CC(=O)[C@@H]1C[C@@H](C)CN1C(=O)[C@@H](NC(=O)N[C@H](CN(C)S(=O)(=O)C1CC1)CC(C)(C)C)C(C)(C)C. The summed E-state index contributed by atoms with van der Waals surface area (Å²) in [6.07, 6.45) is 2.54. The summed E-state index contributed by atoms with van der Waals surface area (Å²) in [5, 5.41) is 5.46. The van der Waals surface area contributed by atoms with E-state index in [0.717, 1.165) is 0 Å². The lowest BCUT2D eigenvalue weighted by atomic mass is 9.85. The van der Waals surface area contributed by atoms with E-state index in [1.165, 1.54) is 11.2 Å². The van der Waals surface area contributed by atoms with Crippen LogP contribution in [0.4, 0.5) is 4.79 Å². The normalized spacial score (nSPS) is 23.2. The number of Topliss-reactive ketones (excluding diaryl/α,β-unsaturated/α-hetero) is 1. The maximum Gasteiger partial charge on any atom is 0.315 e. The van der Waals surface area contributed by atoms with Gasteiger partial charge < -0.3 is 15.5 Å². The zero-order valence-electron chi connectivity index (χ0n) is 23.0. The number of hydrogen-bond acceptors (Lipinski definition) is 5. The first-order valence-electron chi connectivity index (χ1n) is 12.7. The Bertz CT molecular complexity index is 902. The number of urea groups is 1. The number of nitrogens with zero attached hydrogens (tertiary/aromatic N) is 2. The van der Waals surface area contributed by atoms with Crippen LogP contribution < -0.4 is 10.6 Å². The number of rotatable bonds is 9. The van der Waals surface area contributed by atoms with Crippen LogP contribution >= 0.6 is 0 Å². The van der Waals surface area contributed by atoms with Gasteiger partial charge in [0.25, 0.3) is 0 Å². The van der Waals surface area contributed by atoms with Gasteiger partial charge in [-0.2, -0.15) is 0 Å². The van der Waals surface area contributed by atoms with Crippen LogP contribution in [-0.2, 0) is 19.6 Å². The molecule has 0 aromatic carbocycles. The summed E-state index contributed by atoms with van der Waals surface area (Å²) in [6.45, 7) is 15.9. The van der Waals surface area contributed by atoms with E-state index < -0.39 is 39.6 Å². The summed E-state index contributed by atoms with van der Waals surface area (Å²) >= 11 is 0. The molecule has 0 radical (unpaired) electrons. The number of amides is 3. The fourth-order valence-electron chi connectivity index (χ4n) is 4.78. The minimum Gasteiger partial charge on any atom is -0.334 e. The molecule has 10 heteroatoms. The van der Waals surface area contributed by atoms with Crippen molar-refractivity contribution in [3.8, 4) is 0 Å². The van der Waals surface area contributed by atoms with Gasteiger partial charge >= 0.3 is 6.03 Å². The van der Waals surface area contributed by atoms with E-state index in [1.54, 1.807) is 11.9 Å². The highest BCUT2D eigenvalue weighted by molar-refractivity contribution is 7.90. The molecule has 0 spiro atoms. The maximum absolute atomic E-state index is 13.5. The van der Waals surface area contributed by atoms with E-state index in [1.807, 2.05) is 48.5 Å². The van der Waals surface area contributed by atoms with Crippen LogP contribution in [-0.4, -0.2) is 78.9 Å². The quantitative estimate of drug-likeness (QED) is 0.491. The first-order valence-corrected chi connectivity index (χ1v) is 14.2. The van der Waals surface area contributed by atoms with E-state index in [2.05, 4.69) is 10.6 Å². The van der Waals surface area contributed by atoms with Gasteiger partial charge in [0.15, 0.2) is 5.78 Å². The average Bonchev–Trinajstić information content (AvgIpc) is 3.45. The molecule has 2 fully saturated rings. The third kappa shape index (κ3) is 8.17. The Morgan fingerprint density at radius 1 is 1.06 bits per heavy atom. The number of likely N-dealkylation sites (tertiary alicyclic amines) is 1. The molecule has 2 rings (SSSR count). The summed E-state index contributed by atoms with van der Waals surface area (Å²) < 4.78 is 26.7. The standard InChI is InChI=1S/C25H46N4O5S/c1-16-12-20(17(2)30)29(14-16)22(31)21(25(6,7)8)27-23(32)26-18(13-24(3,4)5)15-28(9)35(33,34)19-10-11-19/h16,18-21H,10-15H2,1-9H3,(H2,26,27,32)/t16-,18+,20+,21-/m1/s1. The van der Waals surface area contributed by atoms with Gasteiger partial charge in [-0.1, -0.05) is 48.5 Å². The van der Waals surface area contributed by atoms with Crippen molar-refractivity contribution in [3.63, 3.8) is 0 Å². The van der Waals surface area contributed by atoms with E-state index in [4.69, 9.17) is 0 Å². The molecule has 1 heterocycles. The molecule has 4 atom stereocenters. The number of likely N-dealkylation sites (N-methyl/N-ethyl adjacent to an activating group) is 1. The molecule has 1 saturated carbocycles. The van der Waals surface area contributed by atoms with E-state index in [-0.39, 0.29) is 34.8 Å². The summed E-state index contributed by atoms with van der Waals surface area (Å²) in [5.41, 5.74) is -0.741. The molecule has 1 aliphatic carbocycles. The second-order valence-corrected chi connectivity index (χ2v) is 15.2. The van der Waals surface area contributed by atoms with Crippen molar-refractivity contribution in [2.45, 2.75) is 104 Å². The number of hydrogen-bond donors (Lipinski definition) is 2. The number of ketones is 1. The van der Waals surface area contributed by atoms with Crippen molar-refractivity contribution in [2.75, 3.05) is 20.1 Å². The van der Waals surface area contributed by atoms with Gasteiger partial charge in [-0.3, -0.25) is 9.59 Å². The Balaban J connectivity index is 2.17. The highest BCUT2D eigenvalue weighted by Crippen LogP contribution is 2.31. The molecule has 0 unspecified atom stereocenters. The van der Waals surface area contributed by atoms with E-state index in [9.17, 15) is 22.8 Å². The van der Waals surface area contributed by atoms with Gasteiger partial charge in [-0.25, -0.2) is 17.5 Å². The first kappa shape index (κ1) is 29.5.